The molecule has 0 amide bonds. The average molecular weight is 381 g/mol. The predicted molar refractivity (Wildman–Crippen MR) is 96.8 cm³/mol. The maximum atomic E-state index is 13.1. The van der Waals surface area contributed by atoms with Crippen molar-refractivity contribution in [3.63, 3.8) is 0 Å². The molecular formula is C18H23NO6S. The predicted octanol–water partition coefficient (Wildman–Crippen LogP) is 1.86. The first-order valence-corrected chi connectivity index (χ1v) is 9.88. The number of fused-ring (bicyclic) bond motifs is 1. The first-order chi connectivity index (χ1) is 12.6. The van der Waals surface area contributed by atoms with Crippen LogP contribution in [0.4, 0.5) is 0 Å². The smallest absolute Gasteiger partial charge is 0.246 e. The molecule has 0 N–H and O–H groups in total. The number of sulfonamides is 1. The number of methoxy groups -OCH3 is 1. The van der Waals surface area contributed by atoms with Crippen molar-refractivity contribution in [1.82, 2.24) is 4.31 Å². The van der Waals surface area contributed by atoms with Crippen LogP contribution in [0.15, 0.2) is 41.3 Å². The van der Waals surface area contributed by atoms with Crippen LogP contribution in [0, 0.1) is 0 Å². The molecule has 0 bridgehead atoms. The van der Waals surface area contributed by atoms with E-state index in [-0.39, 0.29) is 11.7 Å². The maximum Gasteiger partial charge on any atom is 0.246 e. The summed E-state index contributed by atoms with van der Waals surface area (Å²) in [6, 6.07) is 10.9. The second-order valence-corrected chi connectivity index (χ2v) is 7.70. The van der Waals surface area contributed by atoms with E-state index in [4.69, 9.17) is 18.9 Å². The Balaban J connectivity index is 1.94. The molecular weight excluding hydrogens is 358 g/mol. The number of hydrogen-bond acceptors (Lipinski definition) is 6. The second-order valence-electron chi connectivity index (χ2n) is 5.79. The van der Waals surface area contributed by atoms with Crippen LogP contribution in [0.25, 0.3) is 10.8 Å². The highest BCUT2D eigenvalue weighted by Gasteiger charge is 2.30. The third-order valence-electron chi connectivity index (χ3n) is 4.15. The van der Waals surface area contributed by atoms with Gasteiger partial charge >= 0.3 is 0 Å². The minimum Gasteiger partial charge on any atom is -0.465 e. The van der Waals surface area contributed by atoms with Gasteiger partial charge in [-0.05, 0) is 11.5 Å². The molecule has 0 unspecified atom stereocenters. The SMILES string of the molecule is COCCOCOc1c(S(=O)(=O)N2CCOCC2)ccc2ccccc12. The van der Waals surface area contributed by atoms with Gasteiger partial charge in [-0.2, -0.15) is 4.31 Å². The molecule has 1 saturated heterocycles. The molecule has 1 heterocycles. The van der Waals surface area contributed by atoms with Crippen LogP contribution in [0.3, 0.4) is 0 Å². The Morgan fingerprint density at radius 1 is 1.08 bits per heavy atom. The highest BCUT2D eigenvalue weighted by atomic mass is 32.2. The standard InChI is InChI=1S/C18H23NO6S/c1-22-12-13-24-14-25-18-16-5-3-2-4-15(16)6-7-17(18)26(20,21)19-8-10-23-11-9-19/h2-7H,8-14H2,1H3. The van der Waals surface area contributed by atoms with Gasteiger partial charge in [-0.25, -0.2) is 8.42 Å². The van der Waals surface area contributed by atoms with Crippen molar-refractivity contribution in [3.8, 4) is 5.75 Å². The van der Waals surface area contributed by atoms with E-state index in [0.717, 1.165) is 10.8 Å². The van der Waals surface area contributed by atoms with Gasteiger partial charge in [0.2, 0.25) is 10.0 Å². The summed E-state index contributed by atoms with van der Waals surface area (Å²) in [5.74, 6) is 0.312. The van der Waals surface area contributed by atoms with Gasteiger partial charge in [0, 0.05) is 25.6 Å². The van der Waals surface area contributed by atoms with Crippen molar-refractivity contribution in [2.75, 3.05) is 53.4 Å². The number of ether oxygens (including phenoxy) is 4. The minimum atomic E-state index is -3.68. The van der Waals surface area contributed by atoms with Gasteiger partial charge in [-0.3, -0.25) is 0 Å². The van der Waals surface area contributed by atoms with Crippen molar-refractivity contribution >= 4 is 20.8 Å². The molecule has 0 atom stereocenters. The molecule has 142 valence electrons. The zero-order valence-corrected chi connectivity index (χ0v) is 15.5. The summed E-state index contributed by atoms with van der Waals surface area (Å²) in [6.07, 6.45) is 0. The van der Waals surface area contributed by atoms with Crippen molar-refractivity contribution < 1.29 is 27.4 Å². The van der Waals surface area contributed by atoms with Crippen LogP contribution in [0.2, 0.25) is 0 Å². The molecule has 0 radical (unpaired) electrons. The fourth-order valence-corrected chi connectivity index (χ4v) is 4.35. The monoisotopic (exact) mass is 381 g/mol. The summed E-state index contributed by atoms with van der Waals surface area (Å²) in [5, 5.41) is 1.64. The molecule has 3 rings (SSSR count). The minimum absolute atomic E-state index is 0.0526. The van der Waals surface area contributed by atoms with Crippen molar-refractivity contribution in [3.05, 3.63) is 36.4 Å². The Bertz CT molecular complexity index is 833. The molecule has 2 aromatic carbocycles. The number of hydrogen-bond donors (Lipinski definition) is 0. The Hall–Kier alpha value is -1.71. The maximum absolute atomic E-state index is 13.1. The lowest BCUT2D eigenvalue weighted by atomic mass is 10.1. The largest absolute Gasteiger partial charge is 0.465 e. The fraction of sp³-hybridized carbons (Fsp3) is 0.444. The molecule has 1 aliphatic rings. The van der Waals surface area contributed by atoms with Crippen LogP contribution in [0.5, 0.6) is 5.75 Å². The summed E-state index contributed by atoms with van der Waals surface area (Å²) in [5.41, 5.74) is 0. The molecule has 26 heavy (non-hydrogen) atoms. The Morgan fingerprint density at radius 3 is 2.62 bits per heavy atom. The third-order valence-corrected chi connectivity index (χ3v) is 6.07. The topological polar surface area (TPSA) is 74.3 Å². The second kappa shape index (κ2) is 8.79. The average Bonchev–Trinajstić information content (AvgIpc) is 2.68. The molecule has 2 aromatic rings. The summed E-state index contributed by atoms with van der Waals surface area (Å²) in [6.45, 7) is 2.21. The van der Waals surface area contributed by atoms with Gasteiger partial charge in [0.25, 0.3) is 0 Å². The highest BCUT2D eigenvalue weighted by Crippen LogP contribution is 2.35. The first kappa shape index (κ1) is 19.1. The number of rotatable bonds is 8. The summed E-state index contributed by atoms with van der Waals surface area (Å²) in [7, 11) is -2.10. The fourth-order valence-electron chi connectivity index (χ4n) is 2.80. The van der Waals surface area contributed by atoms with Gasteiger partial charge in [-0.15, -0.1) is 0 Å². The van der Waals surface area contributed by atoms with E-state index in [1.165, 1.54) is 4.31 Å². The Morgan fingerprint density at radius 2 is 1.85 bits per heavy atom. The number of benzene rings is 2. The van der Waals surface area contributed by atoms with Gasteiger partial charge in [0.05, 0.1) is 26.4 Å². The Kier molecular flexibility index (Phi) is 6.44. The van der Waals surface area contributed by atoms with E-state index in [1.807, 2.05) is 24.3 Å². The summed E-state index contributed by atoms with van der Waals surface area (Å²) in [4.78, 5) is 0.147. The van der Waals surface area contributed by atoms with Crippen LogP contribution < -0.4 is 4.74 Å². The van der Waals surface area contributed by atoms with E-state index >= 15 is 0 Å². The zero-order chi connectivity index (χ0) is 18.4. The lowest BCUT2D eigenvalue weighted by Crippen LogP contribution is -2.40. The highest BCUT2D eigenvalue weighted by molar-refractivity contribution is 7.89. The van der Waals surface area contributed by atoms with Crippen LogP contribution in [-0.4, -0.2) is 66.1 Å². The van der Waals surface area contributed by atoms with Crippen LogP contribution >= 0.6 is 0 Å². The van der Waals surface area contributed by atoms with Crippen LogP contribution in [-0.2, 0) is 24.2 Å². The van der Waals surface area contributed by atoms with E-state index in [2.05, 4.69) is 0 Å². The quantitative estimate of drug-likeness (QED) is 0.513. The van der Waals surface area contributed by atoms with E-state index in [0.29, 0.717) is 45.3 Å². The van der Waals surface area contributed by atoms with Gasteiger partial charge < -0.3 is 18.9 Å². The van der Waals surface area contributed by atoms with Gasteiger partial charge in [0.1, 0.15) is 10.6 Å². The molecule has 7 nitrogen and oxygen atoms in total. The van der Waals surface area contributed by atoms with Crippen LogP contribution in [0.1, 0.15) is 0 Å². The van der Waals surface area contributed by atoms with Gasteiger partial charge in [0.15, 0.2) is 6.79 Å². The van der Waals surface area contributed by atoms with E-state index in [1.54, 1.807) is 19.2 Å². The van der Waals surface area contributed by atoms with Crippen molar-refractivity contribution in [2.24, 2.45) is 0 Å². The molecule has 1 fully saturated rings. The van der Waals surface area contributed by atoms with E-state index < -0.39 is 10.0 Å². The molecule has 0 aromatic heterocycles. The molecule has 1 aliphatic heterocycles. The zero-order valence-electron chi connectivity index (χ0n) is 14.7. The van der Waals surface area contributed by atoms with Crippen molar-refractivity contribution in [1.29, 1.82) is 0 Å². The Labute approximate surface area is 153 Å². The van der Waals surface area contributed by atoms with Crippen molar-refractivity contribution in [2.45, 2.75) is 4.90 Å². The normalized spacial score (nSPS) is 16.0. The third kappa shape index (κ3) is 4.16. The van der Waals surface area contributed by atoms with Gasteiger partial charge in [-0.1, -0.05) is 30.3 Å². The lowest BCUT2D eigenvalue weighted by molar-refractivity contribution is -0.00908. The molecule has 0 spiro atoms. The number of morpholine rings is 1. The number of nitrogens with zero attached hydrogens (tertiary/aromatic N) is 1. The summed E-state index contributed by atoms with van der Waals surface area (Å²) < 4.78 is 49.0. The molecule has 0 aliphatic carbocycles. The van der Waals surface area contributed by atoms with E-state index in [9.17, 15) is 8.42 Å². The molecule has 0 saturated carbocycles. The first-order valence-electron chi connectivity index (χ1n) is 8.43. The summed E-state index contributed by atoms with van der Waals surface area (Å²) >= 11 is 0. The molecule has 8 heteroatoms. The lowest BCUT2D eigenvalue weighted by Gasteiger charge is -2.27.